The van der Waals surface area contributed by atoms with Gasteiger partial charge in [0, 0.05) is 17.6 Å². The standard InChI is InChI=1S/C27H29N/c1-2-5-9-13-18-24(19-14-10-6-3-1)26-22-17-23-27(26)28-25-20-15-11-7-4-8-12-16-21-25/h1-16,18-21,26-28H,17,22-23H2/b2-1?,3-1?,5-2?,6-3?,7-4?,8-4?,9-5+,10-6?,11-7?,12-8?,13-9?,14-10-,15-11?,16-12?,18-13-,19-14?,20-15?,21-16?,24-18?,24-19+,25-20?,25-21?. The molecule has 2 atom stereocenters. The van der Waals surface area contributed by atoms with Gasteiger partial charge in [0.25, 0.3) is 0 Å². The molecule has 0 heterocycles. The molecule has 0 aliphatic heterocycles. The van der Waals surface area contributed by atoms with Gasteiger partial charge in [-0.1, -0.05) is 116 Å². The Balaban J connectivity index is 1.81. The summed E-state index contributed by atoms with van der Waals surface area (Å²) in [6.07, 6.45) is 26.9. The maximum Gasteiger partial charge on any atom is 0.0342 e. The average Bonchev–Trinajstić information content (AvgIpc) is 3.15. The summed E-state index contributed by atoms with van der Waals surface area (Å²) in [5.74, 6) is 0.515. The van der Waals surface area contributed by atoms with Gasteiger partial charge in [-0.25, -0.2) is 0 Å². The van der Waals surface area contributed by atoms with Crippen LogP contribution in [0.3, 0.4) is 0 Å². The Hall–Kier alpha value is -3.06. The van der Waals surface area contributed by atoms with Gasteiger partial charge >= 0.3 is 0 Å². The Morgan fingerprint density at radius 1 is 0.607 bits per heavy atom. The van der Waals surface area contributed by atoms with E-state index in [4.69, 9.17) is 0 Å². The number of allylic oxidation sites excluding steroid dienone is 11. The van der Waals surface area contributed by atoms with Crippen LogP contribution in [0.4, 0.5) is 5.69 Å². The molecule has 2 aliphatic carbocycles. The number of hydrogen-bond donors (Lipinski definition) is 1. The van der Waals surface area contributed by atoms with Gasteiger partial charge in [-0.15, -0.1) is 0 Å². The number of nitrogens with one attached hydrogen (secondary N) is 1. The van der Waals surface area contributed by atoms with Gasteiger partial charge in [0.15, 0.2) is 0 Å². The molecule has 2 aliphatic rings. The van der Waals surface area contributed by atoms with Crippen molar-refractivity contribution in [3.63, 3.8) is 0 Å². The number of rotatable bonds is 3. The molecule has 2 unspecified atom stereocenters. The Labute approximate surface area is 169 Å². The van der Waals surface area contributed by atoms with E-state index in [-0.39, 0.29) is 0 Å². The van der Waals surface area contributed by atoms with E-state index < -0.39 is 0 Å². The Bertz CT molecular complexity index is 825. The summed E-state index contributed by atoms with van der Waals surface area (Å²) in [5.41, 5.74) is 2.55. The smallest absolute Gasteiger partial charge is 0.0342 e. The third-order valence-electron chi connectivity index (χ3n) is 4.98. The zero-order valence-electron chi connectivity index (χ0n) is 16.3. The number of anilines is 1. The van der Waals surface area contributed by atoms with Crippen LogP contribution in [0.1, 0.15) is 19.3 Å². The van der Waals surface area contributed by atoms with Crippen molar-refractivity contribution in [3.8, 4) is 0 Å². The topological polar surface area (TPSA) is 12.0 Å². The third kappa shape index (κ3) is 6.59. The molecule has 3 rings (SSSR count). The summed E-state index contributed by atoms with van der Waals surface area (Å²) < 4.78 is 0. The van der Waals surface area contributed by atoms with E-state index >= 15 is 0 Å². The van der Waals surface area contributed by atoms with Crippen molar-refractivity contribution < 1.29 is 0 Å². The average molecular weight is 368 g/mol. The van der Waals surface area contributed by atoms with Crippen LogP contribution >= 0.6 is 0 Å². The minimum absolute atomic E-state index is 0.448. The van der Waals surface area contributed by atoms with Crippen molar-refractivity contribution in [1.29, 1.82) is 0 Å². The lowest BCUT2D eigenvalue weighted by Crippen LogP contribution is -2.24. The second-order valence-corrected chi connectivity index (χ2v) is 6.99. The molecule has 1 N–H and O–H groups in total. The quantitative estimate of drug-likeness (QED) is 0.600. The predicted molar refractivity (Wildman–Crippen MR) is 123 cm³/mol. The van der Waals surface area contributed by atoms with E-state index in [0.29, 0.717) is 12.0 Å². The summed E-state index contributed by atoms with van der Waals surface area (Å²) in [7, 11) is 0. The molecule has 28 heavy (non-hydrogen) atoms. The first kappa shape index (κ1) is 19.7. The molecular formula is C27H29N. The Kier molecular flexibility index (Phi) is 8.17. The molecule has 0 saturated heterocycles. The van der Waals surface area contributed by atoms with Crippen molar-refractivity contribution in [2.24, 2.45) is 5.92 Å². The van der Waals surface area contributed by atoms with E-state index in [0.717, 1.165) is 5.69 Å². The molecule has 142 valence electrons. The van der Waals surface area contributed by atoms with Gasteiger partial charge in [-0.05, 0) is 30.5 Å². The Morgan fingerprint density at radius 2 is 1.18 bits per heavy atom. The summed E-state index contributed by atoms with van der Waals surface area (Å²) in [6, 6.07) is 19.2. The van der Waals surface area contributed by atoms with Crippen LogP contribution < -0.4 is 5.32 Å². The Morgan fingerprint density at radius 3 is 1.86 bits per heavy atom. The molecule has 1 heteroatoms. The highest BCUT2D eigenvalue weighted by atomic mass is 14.9. The van der Waals surface area contributed by atoms with Crippen molar-refractivity contribution in [3.05, 3.63) is 127 Å². The first-order chi connectivity index (χ1) is 13.9. The van der Waals surface area contributed by atoms with Crippen LogP contribution in [0, 0.1) is 5.92 Å². The van der Waals surface area contributed by atoms with Crippen molar-refractivity contribution >= 4 is 5.69 Å². The van der Waals surface area contributed by atoms with Crippen LogP contribution in [0.5, 0.6) is 0 Å². The fourth-order valence-electron chi connectivity index (χ4n) is 3.62. The van der Waals surface area contributed by atoms with Crippen molar-refractivity contribution in [2.45, 2.75) is 25.3 Å². The molecule has 1 aromatic rings. The lowest BCUT2D eigenvalue weighted by atomic mass is 9.92. The molecular weight excluding hydrogens is 338 g/mol. The maximum atomic E-state index is 3.79. The van der Waals surface area contributed by atoms with Gasteiger partial charge < -0.3 is 5.32 Å². The van der Waals surface area contributed by atoms with Crippen LogP contribution in [-0.4, -0.2) is 6.04 Å². The van der Waals surface area contributed by atoms with Crippen LogP contribution in [0.15, 0.2) is 127 Å². The number of hydrogen-bond acceptors (Lipinski definition) is 1. The normalized spacial score (nSPS) is 26.6. The highest BCUT2D eigenvalue weighted by molar-refractivity contribution is 5.44. The fourth-order valence-corrected chi connectivity index (χ4v) is 3.62. The lowest BCUT2D eigenvalue weighted by Gasteiger charge is -2.23. The summed E-state index contributed by atoms with van der Waals surface area (Å²) in [5, 5.41) is 3.79. The van der Waals surface area contributed by atoms with Gasteiger partial charge in [0.05, 0.1) is 0 Å². The highest BCUT2D eigenvalue weighted by Gasteiger charge is 2.28. The summed E-state index contributed by atoms with van der Waals surface area (Å²) >= 11 is 0. The van der Waals surface area contributed by atoms with Gasteiger partial charge in [-0.2, -0.15) is 0 Å². The van der Waals surface area contributed by atoms with Crippen LogP contribution in [0.25, 0.3) is 0 Å². The van der Waals surface area contributed by atoms with E-state index in [9.17, 15) is 0 Å². The largest absolute Gasteiger partial charge is 0.382 e. The first-order valence-corrected chi connectivity index (χ1v) is 10.1. The van der Waals surface area contributed by atoms with E-state index in [1.165, 1.54) is 24.8 Å². The maximum absolute atomic E-state index is 3.79. The molecule has 0 amide bonds. The van der Waals surface area contributed by atoms with Gasteiger partial charge in [-0.3, -0.25) is 0 Å². The lowest BCUT2D eigenvalue weighted by molar-refractivity contribution is 0.595. The predicted octanol–water partition coefficient (Wildman–Crippen LogP) is 7.11. The van der Waals surface area contributed by atoms with Gasteiger partial charge in [0.2, 0.25) is 0 Å². The monoisotopic (exact) mass is 367 g/mol. The van der Waals surface area contributed by atoms with Gasteiger partial charge in [0.1, 0.15) is 0 Å². The molecule has 0 aromatic heterocycles. The van der Waals surface area contributed by atoms with Crippen molar-refractivity contribution in [1.82, 2.24) is 0 Å². The second-order valence-electron chi connectivity index (χ2n) is 6.99. The third-order valence-corrected chi connectivity index (χ3v) is 4.98. The molecule has 1 nitrogen and oxygen atoms in total. The minimum atomic E-state index is 0.448. The minimum Gasteiger partial charge on any atom is -0.382 e. The molecule has 1 saturated carbocycles. The molecule has 1 fully saturated rings. The van der Waals surface area contributed by atoms with Crippen LogP contribution in [-0.2, 0) is 0 Å². The van der Waals surface area contributed by atoms with E-state index in [2.05, 4.69) is 102 Å². The SMILES string of the molecule is C1=C\C=C/C=C(C2CCCC2Nc2ccccccccc2)\C=C/C=C/C=C1. The van der Waals surface area contributed by atoms with Crippen LogP contribution in [0.2, 0.25) is 0 Å². The summed E-state index contributed by atoms with van der Waals surface area (Å²) in [4.78, 5) is 0. The zero-order chi connectivity index (χ0) is 19.3. The zero-order valence-corrected chi connectivity index (χ0v) is 16.3. The highest BCUT2D eigenvalue weighted by Crippen LogP contribution is 2.34. The molecule has 1 aromatic carbocycles. The second kappa shape index (κ2) is 11.6. The first-order valence-electron chi connectivity index (χ1n) is 10.1. The van der Waals surface area contributed by atoms with E-state index in [1.54, 1.807) is 0 Å². The molecule has 0 radical (unpaired) electrons. The molecule has 0 bridgehead atoms. The summed E-state index contributed by atoms with van der Waals surface area (Å²) in [6.45, 7) is 0. The van der Waals surface area contributed by atoms with Crippen molar-refractivity contribution in [2.75, 3.05) is 5.32 Å². The molecule has 0 spiro atoms. The van der Waals surface area contributed by atoms with E-state index in [1.807, 2.05) is 24.3 Å². The fraction of sp³-hybridized carbons (Fsp3) is 0.185.